The maximum Gasteiger partial charge on any atom is 0.332 e. The van der Waals surface area contributed by atoms with Gasteiger partial charge >= 0.3 is 5.69 Å². The Morgan fingerprint density at radius 2 is 1.79 bits per heavy atom. The van der Waals surface area contributed by atoms with Crippen molar-refractivity contribution in [2.45, 2.75) is 20.0 Å². The zero-order valence-corrected chi connectivity index (χ0v) is 18.1. The molecule has 0 radical (unpaired) electrons. The van der Waals surface area contributed by atoms with E-state index >= 15 is 0 Å². The second kappa shape index (κ2) is 7.62. The van der Waals surface area contributed by atoms with Crippen molar-refractivity contribution >= 4 is 54.6 Å². The fourth-order valence-corrected chi connectivity index (χ4v) is 5.15. The van der Waals surface area contributed by atoms with Crippen LogP contribution in [0.1, 0.15) is 20.8 Å². The fraction of sp³-hybridized carbons (Fsp3) is 0.150. The number of rotatable bonds is 5. The van der Waals surface area contributed by atoms with Crippen LogP contribution in [0.5, 0.6) is 0 Å². The smallest absolute Gasteiger partial charge is 0.291 e. The highest BCUT2D eigenvalue weighted by molar-refractivity contribution is 9.11. The zero-order chi connectivity index (χ0) is 19.8. The molecule has 0 spiro atoms. The van der Waals surface area contributed by atoms with E-state index in [1.807, 2.05) is 31.2 Å². The first-order valence-corrected chi connectivity index (χ1v) is 11.0. The molecule has 0 atom stereocenters. The van der Waals surface area contributed by atoms with E-state index in [4.69, 9.17) is 0 Å². The highest BCUT2D eigenvalue weighted by Gasteiger charge is 2.18. The SMILES string of the molecule is Cc1ccc(Cn2c(=O)c3sccc3n(CC(=O)c3ccc(Br)s3)c2=O)cc1. The first-order chi connectivity index (χ1) is 13.4. The van der Waals surface area contributed by atoms with Crippen LogP contribution in [0.3, 0.4) is 0 Å². The van der Waals surface area contributed by atoms with Gasteiger partial charge in [-0.1, -0.05) is 29.8 Å². The third-order valence-corrected chi connectivity index (χ3v) is 7.00. The van der Waals surface area contributed by atoms with E-state index in [1.165, 1.54) is 31.8 Å². The number of carbonyl (C=O) groups is 1. The fourth-order valence-electron chi connectivity index (χ4n) is 2.99. The molecule has 0 saturated heterocycles. The number of halogens is 1. The van der Waals surface area contributed by atoms with Crippen LogP contribution >= 0.6 is 38.6 Å². The molecule has 3 heterocycles. The molecule has 5 nitrogen and oxygen atoms in total. The Hall–Kier alpha value is -2.29. The molecule has 0 aliphatic heterocycles. The largest absolute Gasteiger partial charge is 0.332 e. The Balaban J connectivity index is 1.81. The minimum atomic E-state index is -0.472. The molecule has 8 heteroatoms. The Labute approximate surface area is 176 Å². The number of hydrogen-bond acceptors (Lipinski definition) is 5. The van der Waals surface area contributed by atoms with E-state index in [-0.39, 0.29) is 24.4 Å². The number of carbonyl (C=O) groups excluding carboxylic acids is 1. The number of nitrogens with zero attached hydrogens (tertiary/aromatic N) is 2. The molecule has 0 aliphatic carbocycles. The number of aromatic nitrogens is 2. The van der Waals surface area contributed by atoms with E-state index in [1.54, 1.807) is 23.6 Å². The second-order valence-corrected chi connectivity index (χ2v) is 9.79. The molecule has 28 heavy (non-hydrogen) atoms. The van der Waals surface area contributed by atoms with Gasteiger partial charge in [0.1, 0.15) is 4.70 Å². The monoisotopic (exact) mass is 474 g/mol. The average Bonchev–Trinajstić information content (AvgIpc) is 3.33. The third-order valence-electron chi connectivity index (χ3n) is 4.45. The number of hydrogen-bond donors (Lipinski definition) is 0. The molecule has 4 rings (SSSR count). The van der Waals surface area contributed by atoms with E-state index < -0.39 is 5.69 Å². The van der Waals surface area contributed by atoms with Crippen molar-refractivity contribution in [2.75, 3.05) is 0 Å². The minimum Gasteiger partial charge on any atom is -0.291 e. The van der Waals surface area contributed by atoms with Crippen molar-refractivity contribution in [3.8, 4) is 0 Å². The van der Waals surface area contributed by atoms with Gasteiger partial charge in [-0.25, -0.2) is 4.79 Å². The second-order valence-electron chi connectivity index (χ2n) is 6.41. The summed E-state index contributed by atoms with van der Waals surface area (Å²) < 4.78 is 3.94. The van der Waals surface area contributed by atoms with Crippen LogP contribution < -0.4 is 11.2 Å². The van der Waals surface area contributed by atoms with E-state index in [0.717, 1.165) is 14.9 Å². The van der Waals surface area contributed by atoms with Crippen molar-refractivity contribution in [3.63, 3.8) is 0 Å². The number of Topliss-reactive ketones (excluding diaryl/α,β-unsaturated/α-hetero) is 1. The molecular weight excluding hydrogens is 460 g/mol. The number of ketones is 1. The summed E-state index contributed by atoms with van der Waals surface area (Å²) in [6, 6.07) is 12.9. The van der Waals surface area contributed by atoms with Crippen molar-refractivity contribution in [2.24, 2.45) is 0 Å². The molecule has 0 N–H and O–H groups in total. The van der Waals surface area contributed by atoms with Crippen LogP contribution in [0.4, 0.5) is 0 Å². The number of thiophene rings is 2. The van der Waals surface area contributed by atoms with Crippen LogP contribution in [0.2, 0.25) is 0 Å². The lowest BCUT2D eigenvalue weighted by atomic mass is 10.1. The quantitative estimate of drug-likeness (QED) is 0.405. The van der Waals surface area contributed by atoms with Gasteiger partial charge in [0.15, 0.2) is 5.78 Å². The number of benzene rings is 1. The third kappa shape index (κ3) is 3.55. The molecule has 3 aromatic heterocycles. The lowest BCUT2D eigenvalue weighted by Gasteiger charge is -2.11. The minimum absolute atomic E-state index is 0.104. The molecule has 0 bridgehead atoms. The van der Waals surface area contributed by atoms with Gasteiger partial charge in [0.05, 0.1) is 27.3 Å². The van der Waals surface area contributed by atoms with Gasteiger partial charge in [-0.15, -0.1) is 22.7 Å². The van der Waals surface area contributed by atoms with Crippen molar-refractivity contribution in [3.05, 3.63) is 88.5 Å². The first kappa shape index (κ1) is 19.0. The van der Waals surface area contributed by atoms with Crippen LogP contribution in [0.15, 0.2) is 61.2 Å². The summed E-state index contributed by atoms with van der Waals surface area (Å²) >= 11 is 5.96. The Morgan fingerprint density at radius 1 is 1.04 bits per heavy atom. The zero-order valence-electron chi connectivity index (χ0n) is 14.8. The Bertz CT molecular complexity index is 1300. The molecule has 1 aromatic carbocycles. The van der Waals surface area contributed by atoms with Gasteiger partial charge in [0.2, 0.25) is 0 Å². The lowest BCUT2D eigenvalue weighted by Crippen LogP contribution is -2.40. The maximum atomic E-state index is 13.1. The van der Waals surface area contributed by atoms with Gasteiger partial charge in [0.25, 0.3) is 5.56 Å². The van der Waals surface area contributed by atoms with Crippen molar-refractivity contribution < 1.29 is 4.79 Å². The normalized spacial score (nSPS) is 11.2. The molecular formula is C20H15BrN2O3S2. The summed E-state index contributed by atoms with van der Waals surface area (Å²) in [4.78, 5) is 39.2. The average molecular weight is 475 g/mol. The first-order valence-electron chi connectivity index (χ1n) is 8.49. The summed E-state index contributed by atoms with van der Waals surface area (Å²) in [5.41, 5.74) is 1.68. The molecule has 0 saturated carbocycles. The summed E-state index contributed by atoms with van der Waals surface area (Å²) in [5.74, 6) is -0.161. The van der Waals surface area contributed by atoms with Crippen molar-refractivity contribution in [1.29, 1.82) is 0 Å². The molecule has 0 unspecified atom stereocenters. The van der Waals surface area contributed by atoms with E-state index in [2.05, 4.69) is 15.9 Å². The van der Waals surface area contributed by atoms with E-state index in [9.17, 15) is 14.4 Å². The highest BCUT2D eigenvalue weighted by atomic mass is 79.9. The number of aryl methyl sites for hydroxylation is 1. The van der Waals surface area contributed by atoms with Crippen LogP contribution in [0, 0.1) is 6.92 Å². The van der Waals surface area contributed by atoms with Gasteiger partial charge in [0, 0.05) is 0 Å². The molecule has 0 aliphatic rings. The maximum absolute atomic E-state index is 13.1. The van der Waals surface area contributed by atoms with Gasteiger partial charge < -0.3 is 0 Å². The van der Waals surface area contributed by atoms with Crippen LogP contribution in [-0.2, 0) is 13.1 Å². The standard InChI is InChI=1S/C20H15BrN2O3S2/c1-12-2-4-13(5-3-12)10-23-19(25)18-14(8-9-27-18)22(20(23)26)11-15(24)16-6-7-17(21)28-16/h2-9H,10-11H2,1H3. The Kier molecular flexibility index (Phi) is 5.18. The highest BCUT2D eigenvalue weighted by Crippen LogP contribution is 2.23. The van der Waals surface area contributed by atoms with Gasteiger partial charge in [-0.2, -0.15) is 0 Å². The molecule has 0 amide bonds. The predicted octanol–water partition coefficient (Wildman–Crippen LogP) is 4.29. The summed E-state index contributed by atoms with van der Waals surface area (Å²) in [6.07, 6.45) is 0. The van der Waals surface area contributed by atoms with Gasteiger partial charge in [-0.05, 0) is 52.0 Å². The van der Waals surface area contributed by atoms with Crippen molar-refractivity contribution in [1.82, 2.24) is 9.13 Å². The molecule has 0 fully saturated rings. The van der Waals surface area contributed by atoms with Crippen LogP contribution in [0.25, 0.3) is 10.2 Å². The summed E-state index contributed by atoms with van der Waals surface area (Å²) in [6.45, 7) is 2.05. The predicted molar refractivity (Wildman–Crippen MR) is 117 cm³/mol. The van der Waals surface area contributed by atoms with Crippen LogP contribution in [-0.4, -0.2) is 14.9 Å². The topological polar surface area (TPSA) is 61.1 Å². The Morgan fingerprint density at radius 3 is 2.46 bits per heavy atom. The molecule has 4 aromatic rings. The lowest BCUT2D eigenvalue weighted by molar-refractivity contribution is 0.0975. The molecule has 142 valence electrons. The number of fused-ring (bicyclic) bond motifs is 1. The summed E-state index contributed by atoms with van der Waals surface area (Å²) in [7, 11) is 0. The van der Waals surface area contributed by atoms with Gasteiger partial charge in [-0.3, -0.25) is 18.7 Å². The summed E-state index contributed by atoms with van der Waals surface area (Å²) in [5, 5.41) is 1.77. The van der Waals surface area contributed by atoms with E-state index in [0.29, 0.717) is 15.1 Å².